The third kappa shape index (κ3) is 5.07. The molecular weight excluding hydrogens is 370 g/mol. The number of benzene rings is 2. The smallest absolute Gasteiger partial charge is 0.250 e. The van der Waals surface area contributed by atoms with Crippen molar-refractivity contribution in [3.05, 3.63) is 65.7 Å². The van der Waals surface area contributed by atoms with E-state index in [9.17, 15) is 4.79 Å². The van der Waals surface area contributed by atoms with E-state index in [1.54, 1.807) is 6.21 Å². The van der Waals surface area contributed by atoms with Crippen LogP contribution in [0.25, 0.3) is 11.4 Å². The molecule has 28 heavy (non-hydrogen) atoms. The van der Waals surface area contributed by atoms with Crippen molar-refractivity contribution >= 4 is 23.9 Å². The van der Waals surface area contributed by atoms with E-state index in [4.69, 9.17) is 0 Å². The average molecular weight is 394 g/mol. The molecule has 0 unspecified atom stereocenters. The van der Waals surface area contributed by atoms with E-state index < -0.39 is 0 Å². The van der Waals surface area contributed by atoms with Gasteiger partial charge in [-0.05, 0) is 17.0 Å². The van der Waals surface area contributed by atoms with E-state index in [0.29, 0.717) is 11.1 Å². The Hall–Kier alpha value is -2.93. The van der Waals surface area contributed by atoms with Crippen LogP contribution in [-0.2, 0) is 11.8 Å². The minimum atomic E-state index is -0.190. The molecule has 7 heteroatoms. The van der Waals surface area contributed by atoms with Crippen LogP contribution in [0.4, 0.5) is 0 Å². The first-order valence-corrected chi connectivity index (χ1v) is 10.0. The summed E-state index contributed by atoms with van der Waals surface area (Å²) in [4.78, 5) is 12.0. The summed E-state index contributed by atoms with van der Waals surface area (Å²) in [6.45, 7) is 4.31. The van der Waals surface area contributed by atoms with Gasteiger partial charge in [0.25, 0.3) is 5.91 Å². The van der Waals surface area contributed by atoms with Gasteiger partial charge in [-0.25, -0.2) is 5.43 Å². The van der Waals surface area contributed by atoms with Gasteiger partial charge < -0.3 is 4.57 Å². The quantitative estimate of drug-likeness (QED) is 0.376. The minimum Gasteiger partial charge on any atom is -0.305 e. The first-order valence-electron chi connectivity index (χ1n) is 9.04. The summed E-state index contributed by atoms with van der Waals surface area (Å²) in [5.41, 5.74) is 5.75. The van der Waals surface area contributed by atoms with Crippen LogP contribution >= 0.6 is 11.8 Å². The predicted molar refractivity (Wildman–Crippen MR) is 113 cm³/mol. The fraction of sp³-hybridized carbons (Fsp3) is 0.238. The maximum atomic E-state index is 12.0. The summed E-state index contributed by atoms with van der Waals surface area (Å²) in [5.74, 6) is 1.28. The Balaban J connectivity index is 1.51. The SMILES string of the molecule is CC(C)c1ccc(/C=N\NC(=O)CSc2nnc(-c3ccccc3)n2C)cc1. The van der Waals surface area contributed by atoms with Crippen molar-refractivity contribution in [3.63, 3.8) is 0 Å². The molecule has 0 radical (unpaired) electrons. The van der Waals surface area contributed by atoms with E-state index in [1.165, 1.54) is 17.3 Å². The van der Waals surface area contributed by atoms with Crippen LogP contribution in [0.2, 0.25) is 0 Å². The van der Waals surface area contributed by atoms with Crippen LogP contribution < -0.4 is 5.43 Å². The molecule has 0 saturated heterocycles. The van der Waals surface area contributed by atoms with Crippen molar-refractivity contribution in [1.29, 1.82) is 0 Å². The topological polar surface area (TPSA) is 72.2 Å². The summed E-state index contributed by atoms with van der Waals surface area (Å²) in [7, 11) is 1.89. The molecular formula is C21H23N5OS. The lowest BCUT2D eigenvalue weighted by Gasteiger charge is -2.04. The lowest BCUT2D eigenvalue weighted by Crippen LogP contribution is -2.19. The highest BCUT2D eigenvalue weighted by Crippen LogP contribution is 2.22. The summed E-state index contributed by atoms with van der Waals surface area (Å²) in [5, 5.41) is 13.1. The number of aromatic nitrogens is 3. The van der Waals surface area contributed by atoms with Crippen molar-refractivity contribution in [2.45, 2.75) is 24.9 Å². The highest BCUT2D eigenvalue weighted by Gasteiger charge is 2.12. The number of carbonyl (C=O) groups is 1. The van der Waals surface area contributed by atoms with Crippen LogP contribution in [-0.4, -0.2) is 32.6 Å². The van der Waals surface area contributed by atoms with Crippen molar-refractivity contribution in [2.24, 2.45) is 12.1 Å². The molecule has 0 bridgehead atoms. The molecule has 3 rings (SSSR count). The van der Waals surface area contributed by atoms with Gasteiger partial charge in [-0.1, -0.05) is 80.2 Å². The number of hydrogen-bond donors (Lipinski definition) is 1. The van der Waals surface area contributed by atoms with Crippen LogP contribution in [0.15, 0.2) is 64.9 Å². The Kier molecular flexibility index (Phi) is 6.60. The number of hydrazone groups is 1. The van der Waals surface area contributed by atoms with Crippen molar-refractivity contribution in [1.82, 2.24) is 20.2 Å². The molecule has 144 valence electrons. The van der Waals surface area contributed by atoms with Gasteiger partial charge in [0.1, 0.15) is 0 Å². The largest absolute Gasteiger partial charge is 0.305 e. The number of thioether (sulfide) groups is 1. The second kappa shape index (κ2) is 9.32. The molecule has 3 aromatic rings. The molecule has 6 nitrogen and oxygen atoms in total. The van der Waals surface area contributed by atoms with Gasteiger partial charge in [0.05, 0.1) is 12.0 Å². The lowest BCUT2D eigenvalue weighted by molar-refractivity contribution is -0.118. The highest BCUT2D eigenvalue weighted by molar-refractivity contribution is 7.99. The molecule has 0 saturated carbocycles. The van der Waals surface area contributed by atoms with E-state index in [2.05, 4.69) is 46.7 Å². The first kappa shape index (κ1) is 19.8. The number of rotatable bonds is 7. The van der Waals surface area contributed by atoms with E-state index >= 15 is 0 Å². The van der Waals surface area contributed by atoms with Crippen molar-refractivity contribution < 1.29 is 4.79 Å². The second-order valence-electron chi connectivity index (χ2n) is 6.63. The van der Waals surface area contributed by atoms with E-state index in [1.807, 2.05) is 54.1 Å². The van der Waals surface area contributed by atoms with Gasteiger partial charge in [0.15, 0.2) is 11.0 Å². The molecule has 2 aromatic carbocycles. The maximum Gasteiger partial charge on any atom is 0.250 e. The Morgan fingerprint density at radius 1 is 1.14 bits per heavy atom. The van der Waals surface area contributed by atoms with Crippen molar-refractivity contribution in [3.8, 4) is 11.4 Å². The third-order valence-electron chi connectivity index (χ3n) is 4.21. The summed E-state index contributed by atoms with van der Waals surface area (Å²) in [6.07, 6.45) is 1.64. The Labute approximate surface area is 169 Å². The zero-order valence-electron chi connectivity index (χ0n) is 16.2. The van der Waals surface area contributed by atoms with Crippen LogP contribution in [0.1, 0.15) is 30.9 Å². The van der Waals surface area contributed by atoms with Crippen LogP contribution in [0.3, 0.4) is 0 Å². The standard InChI is InChI=1S/C21H23N5OS/c1-15(2)17-11-9-16(10-12-17)13-22-23-19(27)14-28-21-25-24-20(26(21)3)18-7-5-4-6-8-18/h4-13,15H,14H2,1-3H3,(H,23,27)/b22-13-. The molecule has 0 aliphatic heterocycles. The first-order chi connectivity index (χ1) is 13.5. The summed E-state index contributed by atoms with van der Waals surface area (Å²) >= 11 is 1.33. The van der Waals surface area contributed by atoms with Gasteiger partial charge in [-0.15, -0.1) is 10.2 Å². The molecule has 1 N–H and O–H groups in total. The molecule has 1 heterocycles. The fourth-order valence-electron chi connectivity index (χ4n) is 2.59. The number of hydrogen-bond acceptors (Lipinski definition) is 5. The van der Waals surface area contributed by atoms with Gasteiger partial charge in [0.2, 0.25) is 0 Å². The molecule has 1 amide bonds. The number of nitrogens with zero attached hydrogens (tertiary/aromatic N) is 4. The minimum absolute atomic E-state index is 0.190. The Morgan fingerprint density at radius 2 is 1.86 bits per heavy atom. The molecule has 1 aromatic heterocycles. The molecule has 0 spiro atoms. The van der Waals surface area contributed by atoms with Crippen LogP contribution in [0.5, 0.6) is 0 Å². The van der Waals surface area contributed by atoms with E-state index in [0.717, 1.165) is 17.0 Å². The Morgan fingerprint density at radius 3 is 2.54 bits per heavy atom. The Bertz CT molecular complexity index is 949. The average Bonchev–Trinajstić information content (AvgIpc) is 3.08. The number of nitrogens with one attached hydrogen (secondary N) is 1. The number of amides is 1. The monoisotopic (exact) mass is 393 g/mol. The zero-order valence-corrected chi connectivity index (χ0v) is 17.0. The lowest BCUT2D eigenvalue weighted by atomic mass is 10.0. The van der Waals surface area contributed by atoms with Gasteiger partial charge >= 0.3 is 0 Å². The normalized spacial score (nSPS) is 11.3. The zero-order chi connectivity index (χ0) is 19.9. The maximum absolute atomic E-state index is 12.0. The second-order valence-corrected chi connectivity index (χ2v) is 7.58. The van der Waals surface area contributed by atoms with Gasteiger partial charge in [-0.3, -0.25) is 4.79 Å². The van der Waals surface area contributed by atoms with Gasteiger partial charge in [0, 0.05) is 12.6 Å². The molecule has 0 atom stereocenters. The molecule has 0 aliphatic carbocycles. The fourth-order valence-corrected chi connectivity index (χ4v) is 3.29. The third-order valence-corrected chi connectivity index (χ3v) is 5.23. The molecule has 0 fully saturated rings. The van der Waals surface area contributed by atoms with E-state index in [-0.39, 0.29) is 11.7 Å². The predicted octanol–water partition coefficient (Wildman–Crippen LogP) is 3.85. The summed E-state index contributed by atoms with van der Waals surface area (Å²) < 4.78 is 1.88. The molecule has 0 aliphatic rings. The van der Waals surface area contributed by atoms with Crippen molar-refractivity contribution in [2.75, 3.05) is 5.75 Å². The summed E-state index contributed by atoms with van der Waals surface area (Å²) in [6, 6.07) is 18.0. The highest BCUT2D eigenvalue weighted by atomic mass is 32.2. The number of carbonyl (C=O) groups excluding carboxylic acids is 1. The van der Waals surface area contributed by atoms with Crippen LogP contribution in [0, 0.1) is 0 Å². The van der Waals surface area contributed by atoms with Gasteiger partial charge in [-0.2, -0.15) is 5.10 Å².